The second-order valence-corrected chi connectivity index (χ2v) is 11.5. The molecule has 12 nitrogen and oxygen atoms in total. The summed E-state index contributed by atoms with van der Waals surface area (Å²) in [5, 5.41) is 14.8. The predicted molar refractivity (Wildman–Crippen MR) is 177 cm³/mol. The second kappa shape index (κ2) is 17.3. The first kappa shape index (κ1) is 35.9. The van der Waals surface area contributed by atoms with Gasteiger partial charge in [0.05, 0.1) is 35.1 Å². The van der Waals surface area contributed by atoms with Gasteiger partial charge in [-0.15, -0.1) is 10.2 Å². The van der Waals surface area contributed by atoms with Crippen LogP contribution in [-0.2, 0) is 14.4 Å². The number of amides is 2. The monoisotopic (exact) mass is 663 g/mol. The molecule has 0 unspecified atom stereocenters. The Balaban J connectivity index is 0.000000331. The summed E-state index contributed by atoms with van der Waals surface area (Å²) in [4.78, 5) is 66.5. The van der Waals surface area contributed by atoms with Crippen LogP contribution in [0.5, 0.6) is 0 Å². The van der Waals surface area contributed by atoms with Crippen molar-refractivity contribution >= 4 is 46.4 Å². The van der Waals surface area contributed by atoms with E-state index in [1.807, 2.05) is 4.90 Å². The summed E-state index contributed by atoms with van der Waals surface area (Å²) in [6, 6.07) is 11.5. The number of hydrogen-bond donors (Lipinski definition) is 1. The molecular weight excluding hydrogens is 621 g/mol. The van der Waals surface area contributed by atoms with Crippen molar-refractivity contribution in [1.82, 2.24) is 19.7 Å². The number of hydrogen-bond acceptors (Lipinski definition) is 9. The average Bonchev–Trinajstić information content (AvgIpc) is 3.59. The van der Waals surface area contributed by atoms with Gasteiger partial charge in [0, 0.05) is 38.2 Å². The SMILES string of the molecule is CCCCCCCCCC(=O)n1nc(N2CCN(OC(=O)/C=C\C(=O)O)CC2)c2c(F)cccc21.CCN1C(=O)c2ccccc2C1=O. The maximum atomic E-state index is 14.8. The fourth-order valence-electron chi connectivity index (χ4n) is 5.67. The molecule has 3 aromatic rings. The number of rotatable bonds is 13. The number of halogens is 1. The maximum absolute atomic E-state index is 14.8. The highest BCUT2D eigenvalue weighted by Gasteiger charge is 2.33. The number of carbonyl (C=O) groups excluding carboxylic acids is 4. The number of unbranched alkanes of at least 4 members (excludes halogenated alkanes) is 6. The minimum atomic E-state index is -1.24. The Morgan fingerprint density at radius 2 is 1.48 bits per heavy atom. The lowest BCUT2D eigenvalue weighted by atomic mass is 10.1. The number of imide groups is 1. The molecule has 2 aliphatic rings. The van der Waals surface area contributed by atoms with Crippen LogP contribution in [0.2, 0.25) is 0 Å². The van der Waals surface area contributed by atoms with Crippen LogP contribution in [0.4, 0.5) is 10.2 Å². The number of aliphatic carboxylic acids is 1. The van der Waals surface area contributed by atoms with E-state index in [1.54, 1.807) is 43.3 Å². The number of anilines is 1. The Kier molecular flexibility index (Phi) is 13.0. The van der Waals surface area contributed by atoms with E-state index in [-0.39, 0.29) is 17.7 Å². The summed E-state index contributed by atoms with van der Waals surface area (Å²) in [6.07, 6.45) is 9.62. The minimum Gasteiger partial charge on any atom is -0.478 e. The van der Waals surface area contributed by atoms with E-state index in [4.69, 9.17) is 9.94 Å². The lowest BCUT2D eigenvalue weighted by Crippen LogP contribution is -2.47. The molecule has 1 aromatic heterocycles. The molecule has 1 fully saturated rings. The molecular formula is C35H42FN5O7. The molecule has 0 bridgehead atoms. The van der Waals surface area contributed by atoms with E-state index in [2.05, 4.69) is 12.0 Å². The number of nitrogens with zero attached hydrogens (tertiary/aromatic N) is 5. The zero-order valence-corrected chi connectivity index (χ0v) is 27.4. The van der Waals surface area contributed by atoms with Crippen molar-refractivity contribution < 1.29 is 38.3 Å². The Morgan fingerprint density at radius 3 is 2.08 bits per heavy atom. The number of carboxylic acid groups (broad SMARTS) is 1. The van der Waals surface area contributed by atoms with E-state index < -0.39 is 17.8 Å². The topological polar surface area (TPSA) is 142 Å². The van der Waals surface area contributed by atoms with Gasteiger partial charge in [0.2, 0.25) is 5.91 Å². The highest BCUT2D eigenvalue weighted by atomic mass is 19.1. The van der Waals surface area contributed by atoms with E-state index in [0.29, 0.717) is 73.1 Å². The van der Waals surface area contributed by atoms with Crippen LogP contribution in [0, 0.1) is 5.82 Å². The van der Waals surface area contributed by atoms with Crippen molar-refractivity contribution in [2.45, 2.75) is 65.2 Å². The molecule has 0 radical (unpaired) electrons. The summed E-state index contributed by atoms with van der Waals surface area (Å²) in [5.41, 5.74) is 1.49. The maximum Gasteiger partial charge on any atom is 0.349 e. The Labute approximate surface area is 278 Å². The van der Waals surface area contributed by atoms with Gasteiger partial charge in [0.15, 0.2) is 5.82 Å². The van der Waals surface area contributed by atoms with Crippen LogP contribution in [-0.4, -0.2) is 87.2 Å². The summed E-state index contributed by atoms with van der Waals surface area (Å²) in [5.74, 6) is -2.58. The number of benzene rings is 2. The van der Waals surface area contributed by atoms with Gasteiger partial charge in [0.1, 0.15) is 5.82 Å². The van der Waals surface area contributed by atoms with Crippen molar-refractivity contribution in [3.63, 3.8) is 0 Å². The van der Waals surface area contributed by atoms with Crippen LogP contribution in [0.15, 0.2) is 54.6 Å². The molecule has 5 rings (SSSR count). The van der Waals surface area contributed by atoms with Crippen LogP contribution < -0.4 is 4.90 Å². The largest absolute Gasteiger partial charge is 0.478 e. The fourth-order valence-corrected chi connectivity index (χ4v) is 5.67. The van der Waals surface area contributed by atoms with Crippen LogP contribution >= 0.6 is 0 Å². The van der Waals surface area contributed by atoms with Crippen molar-refractivity contribution in [3.8, 4) is 0 Å². The molecule has 2 amide bonds. The quantitative estimate of drug-likeness (QED) is 0.142. The second-order valence-electron chi connectivity index (χ2n) is 11.5. The minimum absolute atomic E-state index is 0.154. The van der Waals surface area contributed by atoms with Gasteiger partial charge in [-0.1, -0.05) is 63.6 Å². The van der Waals surface area contributed by atoms with Gasteiger partial charge in [-0.05, 0) is 37.6 Å². The smallest absolute Gasteiger partial charge is 0.349 e. The van der Waals surface area contributed by atoms with E-state index in [9.17, 15) is 28.4 Å². The molecule has 256 valence electrons. The predicted octanol–water partition coefficient (Wildman–Crippen LogP) is 5.48. The third kappa shape index (κ3) is 8.91. The first-order valence-corrected chi connectivity index (χ1v) is 16.4. The third-order valence-electron chi connectivity index (χ3n) is 8.18. The Bertz CT molecular complexity index is 1630. The van der Waals surface area contributed by atoms with E-state index >= 15 is 0 Å². The molecule has 0 spiro atoms. The van der Waals surface area contributed by atoms with Crippen molar-refractivity contribution in [2.75, 3.05) is 37.6 Å². The summed E-state index contributed by atoms with van der Waals surface area (Å²) < 4.78 is 16.1. The lowest BCUT2D eigenvalue weighted by molar-refractivity contribution is -0.185. The molecule has 1 saturated heterocycles. The van der Waals surface area contributed by atoms with Gasteiger partial charge >= 0.3 is 11.9 Å². The van der Waals surface area contributed by atoms with E-state index in [1.165, 1.54) is 46.4 Å². The number of fused-ring (bicyclic) bond motifs is 2. The third-order valence-corrected chi connectivity index (χ3v) is 8.18. The fraction of sp³-hybridized carbons (Fsp3) is 0.429. The zero-order chi connectivity index (χ0) is 34.6. The molecule has 0 saturated carbocycles. The van der Waals surface area contributed by atoms with Crippen molar-refractivity contribution in [1.29, 1.82) is 0 Å². The number of hydroxylamine groups is 2. The lowest BCUT2D eigenvalue weighted by Gasteiger charge is -2.33. The molecule has 0 atom stereocenters. The van der Waals surface area contributed by atoms with Crippen molar-refractivity contribution in [2.24, 2.45) is 0 Å². The number of piperazine rings is 1. The Hall–Kier alpha value is -4.91. The first-order chi connectivity index (χ1) is 23.2. The van der Waals surface area contributed by atoms with Gasteiger partial charge in [-0.2, -0.15) is 4.68 Å². The van der Waals surface area contributed by atoms with Crippen LogP contribution in [0.3, 0.4) is 0 Å². The molecule has 48 heavy (non-hydrogen) atoms. The standard InChI is InChI=1S/C25H33FN4O5.C10H9NO2/c1-2-3-4-5-6-7-8-12-21(31)30-20-11-9-10-19(26)24(20)25(27-30)28-15-17-29(18-16-28)35-23(34)14-13-22(32)33;1-2-11-9(12)7-5-3-4-6-8(7)10(11)13/h9-11,13-14H,2-8,12,15-18H2,1H3,(H,32,33);3-6H,2H2,1H3/b14-13-;. The van der Waals surface area contributed by atoms with Crippen LogP contribution in [0.25, 0.3) is 10.9 Å². The molecule has 2 aliphatic heterocycles. The zero-order valence-electron chi connectivity index (χ0n) is 27.4. The molecule has 13 heteroatoms. The van der Waals surface area contributed by atoms with E-state index in [0.717, 1.165) is 25.3 Å². The molecule has 3 heterocycles. The number of carbonyl (C=O) groups is 5. The average molecular weight is 664 g/mol. The number of aromatic nitrogens is 2. The van der Waals surface area contributed by atoms with Gasteiger partial charge in [0.25, 0.3) is 11.8 Å². The molecule has 0 aliphatic carbocycles. The van der Waals surface area contributed by atoms with Crippen molar-refractivity contribution in [3.05, 3.63) is 71.6 Å². The summed E-state index contributed by atoms with van der Waals surface area (Å²) >= 11 is 0. The van der Waals surface area contributed by atoms with Crippen LogP contribution in [0.1, 0.15) is 90.7 Å². The van der Waals surface area contributed by atoms with Gasteiger partial charge in [-0.25, -0.2) is 14.0 Å². The summed E-state index contributed by atoms with van der Waals surface area (Å²) in [6.45, 7) is 5.84. The highest BCUT2D eigenvalue weighted by molar-refractivity contribution is 6.21. The highest BCUT2D eigenvalue weighted by Crippen LogP contribution is 2.30. The normalized spacial score (nSPS) is 14.7. The van der Waals surface area contributed by atoms with Gasteiger partial charge < -0.3 is 14.8 Å². The Morgan fingerprint density at radius 1 is 0.854 bits per heavy atom. The summed E-state index contributed by atoms with van der Waals surface area (Å²) in [7, 11) is 0. The van der Waals surface area contributed by atoms with Gasteiger partial charge in [-0.3, -0.25) is 19.3 Å². The first-order valence-electron chi connectivity index (χ1n) is 16.4. The molecule has 2 aromatic carbocycles. The molecule has 1 N–H and O–H groups in total. The number of carboxylic acids is 1.